The van der Waals surface area contributed by atoms with Gasteiger partial charge in [-0.05, 0) is 96.1 Å². The molecule has 0 radical (unpaired) electrons. The normalized spacial score (nSPS) is 15.0. The fourth-order valence-electron chi connectivity index (χ4n) is 5.60. The molecule has 1 saturated heterocycles. The van der Waals surface area contributed by atoms with Crippen LogP contribution in [0.4, 0.5) is 0 Å². The average Bonchev–Trinajstić information content (AvgIpc) is 3.43. The first-order valence-electron chi connectivity index (χ1n) is 14.5. The minimum absolute atomic E-state index is 0.0494. The maximum atomic E-state index is 13.3. The molecule has 0 unspecified atom stereocenters. The fourth-order valence-corrected chi connectivity index (χ4v) is 5.60. The van der Waals surface area contributed by atoms with Crippen LogP contribution in [0.2, 0.25) is 0 Å². The number of methoxy groups -OCH3 is 1. The van der Waals surface area contributed by atoms with Crippen LogP contribution in [0.3, 0.4) is 0 Å². The number of aromatic amines is 1. The highest BCUT2D eigenvalue weighted by Gasteiger charge is 2.26. The molecule has 0 bridgehead atoms. The Labute approximate surface area is 241 Å². The lowest BCUT2D eigenvalue weighted by molar-refractivity contribution is 0.0349. The summed E-state index contributed by atoms with van der Waals surface area (Å²) in [4.78, 5) is 21.2. The van der Waals surface area contributed by atoms with Gasteiger partial charge >= 0.3 is 0 Å². The van der Waals surface area contributed by atoms with Gasteiger partial charge in [0.1, 0.15) is 5.75 Å². The minimum Gasteiger partial charge on any atom is -0.497 e. The molecule has 0 spiro atoms. The maximum absolute atomic E-state index is 13.3. The largest absolute Gasteiger partial charge is 0.497 e. The SMILES string of the molecule is CC[C@H](c1nnnn1Cc1ccc(OC)cc1)N(CCCN1CCOCC1)Cc1cc2cc(C)c(C)cc2[nH]c1=O. The molecule has 218 valence electrons. The lowest BCUT2D eigenvalue weighted by atomic mass is 10.0. The standard InChI is InChI=1S/C31H41N7O3/c1-5-29(30-33-34-35-38(30)20-24-7-9-27(40-4)10-8-24)37(12-6-11-36-13-15-41-16-14-36)21-26-19-25-17-22(2)23(3)18-28(25)32-31(26)39/h7-10,17-19,29H,5-6,11-16,20-21H2,1-4H3,(H,32,39)/t29-/m1/s1. The predicted molar refractivity (Wildman–Crippen MR) is 159 cm³/mol. The molecule has 1 aliphatic heterocycles. The number of benzene rings is 2. The molecule has 1 fully saturated rings. The van der Waals surface area contributed by atoms with Gasteiger partial charge in [-0.1, -0.05) is 19.1 Å². The second kappa shape index (κ2) is 13.4. The van der Waals surface area contributed by atoms with Gasteiger partial charge in [-0.3, -0.25) is 14.6 Å². The zero-order chi connectivity index (χ0) is 28.8. The molecule has 2 aromatic carbocycles. The lowest BCUT2D eigenvalue weighted by Crippen LogP contribution is -2.39. The van der Waals surface area contributed by atoms with Gasteiger partial charge in [-0.15, -0.1) is 5.10 Å². The van der Waals surface area contributed by atoms with Crippen LogP contribution in [0.5, 0.6) is 5.75 Å². The zero-order valence-corrected chi connectivity index (χ0v) is 24.6. The van der Waals surface area contributed by atoms with Gasteiger partial charge in [-0.25, -0.2) is 4.68 Å². The molecular weight excluding hydrogens is 518 g/mol. The Bertz CT molecular complexity index is 1490. The number of nitrogens with zero attached hydrogens (tertiary/aromatic N) is 6. The van der Waals surface area contributed by atoms with Crippen molar-refractivity contribution in [2.75, 3.05) is 46.5 Å². The Hall–Kier alpha value is -3.60. The highest BCUT2D eigenvalue weighted by atomic mass is 16.5. The van der Waals surface area contributed by atoms with Gasteiger partial charge < -0.3 is 14.5 Å². The van der Waals surface area contributed by atoms with Gasteiger partial charge in [0.25, 0.3) is 5.56 Å². The zero-order valence-electron chi connectivity index (χ0n) is 24.6. The molecule has 1 atom stereocenters. The van der Waals surface area contributed by atoms with Crippen LogP contribution in [0, 0.1) is 13.8 Å². The number of aromatic nitrogens is 5. The van der Waals surface area contributed by atoms with E-state index in [1.54, 1.807) is 7.11 Å². The van der Waals surface area contributed by atoms with Crippen molar-refractivity contribution in [2.24, 2.45) is 0 Å². The highest BCUT2D eigenvalue weighted by Crippen LogP contribution is 2.26. The Morgan fingerprint density at radius 3 is 2.59 bits per heavy atom. The first-order chi connectivity index (χ1) is 19.9. The van der Waals surface area contributed by atoms with Crippen molar-refractivity contribution in [1.29, 1.82) is 0 Å². The van der Waals surface area contributed by atoms with E-state index in [2.05, 4.69) is 63.2 Å². The third-order valence-corrected chi connectivity index (χ3v) is 8.11. The predicted octanol–water partition coefficient (Wildman–Crippen LogP) is 3.86. The quantitative estimate of drug-likeness (QED) is 0.279. The first-order valence-corrected chi connectivity index (χ1v) is 14.5. The number of morpholine rings is 1. The van der Waals surface area contributed by atoms with Crippen molar-refractivity contribution in [1.82, 2.24) is 35.0 Å². The van der Waals surface area contributed by atoms with Crippen LogP contribution in [0.1, 0.15) is 53.9 Å². The molecule has 10 heteroatoms. The second-order valence-electron chi connectivity index (χ2n) is 10.9. The van der Waals surface area contributed by atoms with E-state index in [1.807, 2.05) is 35.0 Å². The summed E-state index contributed by atoms with van der Waals surface area (Å²) in [5.41, 5.74) is 5.04. The highest BCUT2D eigenvalue weighted by molar-refractivity contribution is 5.80. The Morgan fingerprint density at radius 2 is 1.85 bits per heavy atom. The summed E-state index contributed by atoms with van der Waals surface area (Å²) in [5.74, 6) is 1.62. The van der Waals surface area contributed by atoms with E-state index in [1.165, 1.54) is 11.1 Å². The van der Waals surface area contributed by atoms with Crippen molar-refractivity contribution in [3.05, 3.63) is 80.9 Å². The summed E-state index contributed by atoms with van der Waals surface area (Å²) in [6.45, 7) is 12.7. The van der Waals surface area contributed by atoms with Gasteiger partial charge in [-0.2, -0.15) is 0 Å². The second-order valence-corrected chi connectivity index (χ2v) is 10.9. The number of fused-ring (bicyclic) bond motifs is 1. The number of nitrogens with one attached hydrogen (secondary N) is 1. The van der Waals surface area contributed by atoms with E-state index < -0.39 is 0 Å². The summed E-state index contributed by atoms with van der Waals surface area (Å²) in [6, 6.07) is 14.2. The first kappa shape index (κ1) is 28.9. The number of rotatable bonds is 12. The van der Waals surface area contributed by atoms with Crippen molar-refractivity contribution < 1.29 is 9.47 Å². The van der Waals surface area contributed by atoms with E-state index in [-0.39, 0.29) is 11.6 Å². The number of H-pyrrole nitrogens is 1. The summed E-state index contributed by atoms with van der Waals surface area (Å²) < 4.78 is 12.7. The Kier molecular flexibility index (Phi) is 9.43. The van der Waals surface area contributed by atoms with E-state index in [4.69, 9.17) is 9.47 Å². The summed E-state index contributed by atoms with van der Waals surface area (Å²) in [7, 11) is 1.66. The summed E-state index contributed by atoms with van der Waals surface area (Å²) >= 11 is 0. The van der Waals surface area contributed by atoms with Crippen molar-refractivity contribution >= 4 is 10.9 Å². The van der Waals surface area contributed by atoms with Crippen LogP contribution in [-0.4, -0.2) is 81.5 Å². The smallest absolute Gasteiger partial charge is 0.252 e. The number of ether oxygens (including phenoxy) is 2. The minimum atomic E-state index is -0.0530. The number of hydrogen-bond donors (Lipinski definition) is 1. The number of aryl methyl sites for hydroxylation is 2. The monoisotopic (exact) mass is 559 g/mol. The Morgan fingerprint density at radius 1 is 1.10 bits per heavy atom. The van der Waals surface area contributed by atoms with Gasteiger partial charge in [0, 0.05) is 37.3 Å². The fraction of sp³-hybridized carbons (Fsp3) is 0.484. The van der Waals surface area contributed by atoms with Crippen LogP contribution in [0.15, 0.2) is 47.3 Å². The molecule has 0 amide bonds. The maximum Gasteiger partial charge on any atom is 0.252 e. The number of pyridine rings is 1. The topological polar surface area (TPSA) is 101 Å². The number of tetrazole rings is 1. The number of hydrogen-bond acceptors (Lipinski definition) is 8. The molecule has 10 nitrogen and oxygen atoms in total. The Balaban J connectivity index is 1.42. The third kappa shape index (κ3) is 7.01. The molecule has 0 aliphatic carbocycles. The van der Waals surface area contributed by atoms with E-state index in [9.17, 15) is 4.79 Å². The molecule has 3 heterocycles. The van der Waals surface area contributed by atoms with E-state index >= 15 is 0 Å². The third-order valence-electron chi connectivity index (χ3n) is 8.11. The molecule has 41 heavy (non-hydrogen) atoms. The molecule has 1 aliphatic rings. The molecular formula is C31H41N7O3. The van der Waals surface area contributed by atoms with Crippen LogP contribution >= 0.6 is 0 Å². The lowest BCUT2D eigenvalue weighted by Gasteiger charge is -2.32. The van der Waals surface area contributed by atoms with Crippen molar-refractivity contribution in [3.8, 4) is 5.75 Å². The van der Waals surface area contributed by atoms with E-state index in [0.717, 1.165) is 85.8 Å². The van der Waals surface area contributed by atoms with Crippen molar-refractivity contribution in [2.45, 2.75) is 52.7 Å². The van der Waals surface area contributed by atoms with Crippen LogP contribution < -0.4 is 10.3 Å². The van der Waals surface area contributed by atoms with Gasteiger partial charge in [0.05, 0.1) is 32.9 Å². The van der Waals surface area contributed by atoms with Crippen LogP contribution in [-0.2, 0) is 17.8 Å². The molecule has 0 saturated carbocycles. The molecule has 2 aromatic heterocycles. The average molecular weight is 560 g/mol. The summed E-state index contributed by atoms with van der Waals surface area (Å²) in [5, 5.41) is 14.0. The van der Waals surface area contributed by atoms with Gasteiger partial charge in [0.15, 0.2) is 5.82 Å². The van der Waals surface area contributed by atoms with Crippen molar-refractivity contribution in [3.63, 3.8) is 0 Å². The molecule has 4 aromatic rings. The molecule has 5 rings (SSSR count). The molecule has 1 N–H and O–H groups in total. The van der Waals surface area contributed by atoms with Gasteiger partial charge in [0.2, 0.25) is 0 Å². The van der Waals surface area contributed by atoms with E-state index in [0.29, 0.717) is 13.1 Å². The van der Waals surface area contributed by atoms with Crippen LogP contribution in [0.25, 0.3) is 10.9 Å². The summed E-state index contributed by atoms with van der Waals surface area (Å²) in [6.07, 6.45) is 1.78.